The number of carbonyl (C=O) groups excluding carboxylic acids is 1. The summed E-state index contributed by atoms with van der Waals surface area (Å²) in [7, 11) is 0. The lowest BCUT2D eigenvalue weighted by molar-refractivity contribution is -0.127. The largest absolute Gasteiger partial charge is 0.479 e. The van der Waals surface area contributed by atoms with Gasteiger partial charge in [0.25, 0.3) is 5.91 Å². The second kappa shape index (κ2) is 7.61. The lowest BCUT2D eigenvalue weighted by Gasteiger charge is -2.16. The first-order valence-corrected chi connectivity index (χ1v) is 7.54. The molecular weight excluding hydrogens is 295 g/mol. The van der Waals surface area contributed by atoms with Gasteiger partial charge in [0, 0.05) is 6.54 Å². The Hall–Kier alpha value is -1.33. The van der Waals surface area contributed by atoms with E-state index in [4.69, 9.17) is 16.3 Å². The van der Waals surface area contributed by atoms with Crippen LogP contribution in [0, 0.1) is 11.7 Å². The lowest BCUT2D eigenvalue weighted by atomic mass is 10.1. The molecule has 2 unspecified atom stereocenters. The van der Waals surface area contributed by atoms with E-state index in [0.717, 1.165) is 32.0 Å². The first-order chi connectivity index (χ1) is 10.1. The van der Waals surface area contributed by atoms with E-state index in [2.05, 4.69) is 10.6 Å². The van der Waals surface area contributed by atoms with Crippen LogP contribution in [0.5, 0.6) is 5.75 Å². The molecule has 1 saturated heterocycles. The van der Waals surface area contributed by atoms with Gasteiger partial charge in [0.15, 0.2) is 6.10 Å². The molecule has 0 spiro atoms. The Balaban J connectivity index is 1.76. The molecule has 0 aliphatic carbocycles. The predicted molar refractivity (Wildman–Crippen MR) is 80.1 cm³/mol. The Kier molecular flexibility index (Phi) is 5.82. The van der Waals surface area contributed by atoms with Gasteiger partial charge in [0.1, 0.15) is 11.6 Å². The molecule has 0 aromatic heterocycles. The van der Waals surface area contributed by atoms with Gasteiger partial charge in [-0.2, -0.15) is 0 Å². The third kappa shape index (κ3) is 4.86. The summed E-state index contributed by atoms with van der Waals surface area (Å²) in [6.45, 7) is 4.36. The Morgan fingerprint density at radius 1 is 1.62 bits per heavy atom. The quantitative estimate of drug-likeness (QED) is 0.847. The van der Waals surface area contributed by atoms with E-state index in [9.17, 15) is 9.18 Å². The van der Waals surface area contributed by atoms with Crippen molar-refractivity contribution in [2.45, 2.75) is 25.9 Å². The molecule has 2 atom stereocenters. The molecule has 21 heavy (non-hydrogen) atoms. The maximum Gasteiger partial charge on any atom is 0.260 e. The van der Waals surface area contributed by atoms with Crippen molar-refractivity contribution in [3.05, 3.63) is 29.0 Å². The highest BCUT2D eigenvalue weighted by atomic mass is 35.5. The molecule has 6 heteroatoms. The first kappa shape index (κ1) is 16.0. The highest BCUT2D eigenvalue weighted by Gasteiger charge is 2.18. The smallest absolute Gasteiger partial charge is 0.260 e. The van der Waals surface area contributed by atoms with E-state index in [-0.39, 0.29) is 10.9 Å². The lowest BCUT2D eigenvalue weighted by Crippen LogP contribution is -2.37. The molecule has 4 nitrogen and oxygen atoms in total. The zero-order valence-electron chi connectivity index (χ0n) is 12.0. The van der Waals surface area contributed by atoms with Crippen LogP contribution in [0.4, 0.5) is 4.39 Å². The van der Waals surface area contributed by atoms with Crippen LogP contribution in [0.2, 0.25) is 5.02 Å². The van der Waals surface area contributed by atoms with Crippen molar-refractivity contribution in [3.8, 4) is 5.75 Å². The van der Waals surface area contributed by atoms with Gasteiger partial charge < -0.3 is 15.4 Å². The Morgan fingerprint density at radius 2 is 2.43 bits per heavy atom. The van der Waals surface area contributed by atoms with E-state index in [1.807, 2.05) is 0 Å². The molecular formula is C15H20ClFN2O2. The minimum atomic E-state index is -0.672. The van der Waals surface area contributed by atoms with E-state index >= 15 is 0 Å². The molecule has 1 heterocycles. The number of benzene rings is 1. The van der Waals surface area contributed by atoms with Crippen LogP contribution in [-0.2, 0) is 4.79 Å². The first-order valence-electron chi connectivity index (χ1n) is 7.16. The fourth-order valence-corrected chi connectivity index (χ4v) is 2.53. The zero-order chi connectivity index (χ0) is 15.2. The molecule has 2 N–H and O–H groups in total. The molecule has 1 aromatic rings. The summed E-state index contributed by atoms with van der Waals surface area (Å²) in [5.41, 5.74) is 0. The Labute approximate surface area is 129 Å². The summed E-state index contributed by atoms with van der Waals surface area (Å²) < 4.78 is 18.4. The fourth-order valence-electron chi connectivity index (χ4n) is 2.32. The van der Waals surface area contributed by atoms with Gasteiger partial charge in [-0.3, -0.25) is 4.79 Å². The topological polar surface area (TPSA) is 50.4 Å². The minimum Gasteiger partial charge on any atom is -0.479 e. The minimum absolute atomic E-state index is 0.159. The molecule has 2 rings (SSSR count). The van der Waals surface area contributed by atoms with E-state index in [1.165, 1.54) is 12.1 Å². The van der Waals surface area contributed by atoms with Crippen molar-refractivity contribution in [1.82, 2.24) is 10.6 Å². The van der Waals surface area contributed by atoms with Crippen molar-refractivity contribution in [3.63, 3.8) is 0 Å². The van der Waals surface area contributed by atoms with Crippen molar-refractivity contribution < 1.29 is 13.9 Å². The van der Waals surface area contributed by atoms with E-state index < -0.39 is 11.9 Å². The SMILES string of the molecule is CC(Oc1ccc(F)cc1Cl)C(=O)NCCC1CCNC1. The molecule has 1 aromatic carbocycles. The number of nitrogens with one attached hydrogen (secondary N) is 2. The molecule has 0 saturated carbocycles. The van der Waals surface area contributed by atoms with E-state index in [0.29, 0.717) is 18.2 Å². The van der Waals surface area contributed by atoms with Crippen LogP contribution in [0.3, 0.4) is 0 Å². The van der Waals surface area contributed by atoms with Crippen LogP contribution < -0.4 is 15.4 Å². The summed E-state index contributed by atoms with van der Waals surface area (Å²) in [4.78, 5) is 11.9. The molecule has 1 amide bonds. The summed E-state index contributed by atoms with van der Waals surface area (Å²) in [6, 6.07) is 3.83. The molecule has 116 valence electrons. The van der Waals surface area contributed by atoms with Crippen LogP contribution in [-0.4, -0.2) is 31.6 Å². The maximum atomic E-state index is 12.9. The van der Waals surface area contributed by atoms with Crippen LogP contribution in [0.15, 0.2) is 18.2 Å². The highest BCUT2D eigenvalue weighted by molar-refractivity contribution is 6.32. The number of carbonyl (C=O) groups is 1. The van der Waals surface area contributed by atoms with Crippen LogP contribution in [0.1, 0.15) is 19.8 Å². The van der Waals surface area contributed by atoms with Gasteiger partial charge in [0.05, 0.1) is 5.02 Å². The van der Waals surface area contributed by atoms with Crippen molar-refractivity contribution in [1.29, 1.82) is 0 Å². The summed E-state index contributed by atoms with van der Waals surface area (Å²) >= 11 is 5.87. The molecule has 1 fully saturated rings. The summed E-state index contributed by atoms with van der Waals surface area (Å²) in [6.07, 6.45) is 1.45. The molecule has 1 aliphatic rings. The van der Waals surface area contributed by atoms with Crippen molar-refractivity contribution in [2.75, 3.05) is 19.6 Å². The monoisotopic (exact) mass is 314 g/mol. The Morgan fingerprint density at radius 3 is 3.10 bits per heavy atom. The van der Waals surface area contributed by atoms with Gasteiger partial charge >= 0.3 is 0 Å². The van der Waals surface area contributed by atoms with Crippen LogP contribution >= 0.6 is 11.6 Å². The van der Waals surface area contributed by atoms with Crippen LogP contribution in [0.25, 0.3) is 0 Å². The number of amides is 1. The molecule has 1 aliphatic heterocycles. The van der Waals surface area contributed by atoms with Gasteiger partial charge in [-0.1, -0.05) is 11.6 Å². The zero-order valence-corrected chi connectivity index (χ0v) is 12.8. The average molecular weight is 315 g/mol. The third-order valence-electron chi connectivity index (χ3n) is 3.58. The summed E-state index contributed by atoms with van der Waals surface area (Å²) in [5.74, 6) is 0.310. The number of rotatable bonds is 6. The fraction of sp³-hybridized carbons (Fsp3) is 0.533. The standard InChI is InChI=1S/C15H20ClFN2O2/c1-10(21-14-3-2-12(17)8-13(14)16)15(20)19-7-5-11-4-6-18-9-11/h2-3,8,10-11,18H,4-7,9H2,1H3,(H,19,20). The number of halogens is 2. The van der Waals surface area contributed by atoms with Crippen molar-refractivity contribution >= 4 is 17.5 Å². The molecule has 0 radical (unpaired) electrons. The average Bonchev–Trinajstić information content (AvgIpc) is 2.95. The molecule has 0 bridgehead atoms. The number of hydrogen-bond donors (Lipinski definition) is 2. The normalized spacial score (nSPS) is 19.3. The second-order valence-corrected chi connectivity index (χ2v) is 5.68. The van der Waals surface area contributed by atoms with Gasteiger partial charge in [0.2, 0.25) is 0 Å². The Bertz CT molecular complexity index is 493. The predicted octanol–water partition coefficient (Wildman–Crippen LogP) is 2.36. The van der Waals surface area contributed by atoms with Gasteiger partial charge in [-0.05, 0) is 57.0 Å². The van der Waals surface area contributed by atoms with Gasteiger partial charge in [-0.25, -0.2) is 4.39 Å². The maximum absolute atomic E-state index is 12.9. The second-order valence-electron chi connectivity index (χ2n) is 5.27. The van der Waals surface area contributed by atoms with Gasteiger partial charge in [-0.15, -0.1) is 0 Å². The number of hydrogen-bond acceptors (Lipinski definition) is 3. The van der Waals surface area contributed by atoms with E-state index in [1.54, 1.807) is 6.92 Å². The third-order valence-corrected chi connectivity index (χ3v) is 3.88. The van der Waals surface area contributed by atoms with Crippen molar-refractivity contribution in [2.24, 2.45) is 5.92 Å². The number of ether oxygens (including phenoxy) is 1. The summed E-state index contributed by atoms with van der Waals surface area (Å²) in [5, 5.41) is 6.30. The highest BCUT2D eigenvalue weighted by Crippen LogP contribution is 2.25.